The fraction of sp³-hybridized carbons (Fsp3) is 0.455. The molecule has 0 unspecified atom stereocenters. The highest BCUT2D eigenvalue weighted by molar-refractivity contribution is 5.50. The molecule has 0 saturated carbocycles. The summed E-state index contributed by atoms with van der Waals surface area (Å²) >= 11 is 0. The first-order chi connectivity index (χ1) is 7.98. The van der Waals surface area contributed by atoms with Gasteiger partial charge >= 0.3 is 6.18 Å². The van der Waals surface area contributed by atoms with Gasteiger partial charge in [0.1, 0.15) is 5.82 Å². The monoisotopic (exact) mass is 247 g/mol. The van der Waals surface area contributed by atoms with Gasteiger partial charge in [0.15, 0.2) is 0 Å². The highest BCUT2D eigenvalue weighted by atomic mass is 19.4. The van der Waals surface area contributed by atoms with Crippen molar-refractivity contribution in [1.82, 2.24) is 5.32 Å². The SMILES string of the molecule is Fc1ccc(N2CC[N]CC2)cc1C(F)(F)F. The third kappa shape index (κ3) is 2.69. The lowest BCUT2D eigenvalue weighted by molar-refractivity contribution is -0.139. The van der Waals surface area contributed by atoms with Crippen molar-refractivity contribution in [2.24, 2.45) is 0 Å². The quantitative estimate of drug-likeness (QED) is 0.696. The number of anilines is 1. The van der Waals surface area contributed by atoms with E-state index < -0.39 is 17.6 Å². The zero-order valence-electron chi connectivity index (χ0n) is 8.97. The molecule has 0 spiro atoms. The van der Waals surface area contributed by atoms with Gasteiger partial charge in [-0.1, -0.05) is 0 Å². The third-order valence-corrected chi connectivity index (χ3v) is 2.68. The summed E-state index contributed by atoms with van der Waals surface area (Å²) in [6.07, 6.45) is -4.65. The molecule has 1 saturated heterocycles. The number of alkyl halides is 3. The maximum absolute atomic E-state index is 13.1. The predicted molar refractivity (Wildman–Crippen MR) is 55.5 cm³/mol. The van der Waals surface area contributed by atoms with Gasteiger partial charge < -0.3 is 4.90 Å². The molecule has 17 heavy (non-hydrogen) atoms. The first kappa shape index (κ1) is 12.2. The van der Waals surface area contributed by atoms with Crippen LogP contribution in [0.1, 0.15) is 5.56 Å². The Morgan fingerprint density at radius 3 is 2.35 bits per heavy atom. The Morgan fingerprint density at radius 2 is 1.76 bits per heavy atom. The molecular formula is C11H11F4N2. The maximum atomic E-state index is 13.1. The van der Waals surface area contributed by atoms with Crippen LogP contribution < -0.4 is 10.2 Å². The minimum absolute atomic E-state index is 0.397. The van der Waals surface area contributed by atoms with E-state index in [1.165, 1.54) is 6.07 Å². The molecule has 6 heteroatoms. The second-order valence-corrected chi connectivity index (χ2v) is 3.82. The number of halogens is 4. The molecule has 1 aromatic rings. The average Bonchev–Trinajstić information content (AvgIpc) is 2.29. The van der Waals surface area contributed by atoms with Crippen molar-refractivity contribution in [3.63, 3.8) is 0 Å². The van der Waals surface area contributed by atoms with Crippen LogP contribution in [-0.2, 0) is 6.18 Å². The summed E-state index contributed by atoms with van der Waals surface area (Å²) in [5.74, 6) is -1.23. The standard InChI is InChI=1S/C11H11F4N2/c12-10-2-1-8(7-9(10)11(13,14)15)17-5-3-16-4-6-17/h1-2,7H,3-6H2. The fourth-order valence-corrected chi connectivity index (χ4v) is 1.79. The Bertz CT molecular complexity index is 397. The van der Waals surface area contributed by atoms with E-state index in [1.54, 1.807) is 4.90 Å². The second-order valence-electron chi connectivity index (χ2n) is 3.82. The summed E-state index contributed by atoms with van der Waals surface area (Å²) < 4.78 is 50.6. The molecule has 1 aromatic carbocycles. The van der Waals surface area contributed by atoms with E-state index in [0.29, 0.717) is 31.9 Å². The molecule has 0 bridgehead atoms. The first-order valence-electron chi connectivity index (χ1n) is 5.23. The summed E-state index contributed by atoms with van der Waals surface area (Å²) in [6, 6.07) is 3.10. The van der Waals surface area contributed by atoms with Crippen molar-refractivity contribution in [2.45, 2.75) is 6.18 Å². The average molecular weight is 247 g/mol. The molecule has 2 rings (SSSR count). The van der Waals surface area contributed by atoms with Gasteiger partial charge in [0.05, 0.1) is 5.56 Å². The highest BCUT2D eigenvalue weighted by Gasteiger charge is 2.34. The lowest BCUT2D eigenvalue weighted by Gasteiger charge is -2.29. The summed E-state index contributed by atoms with van der Waals surface area (Å²) in [4.78, 5) is 1.78. The normalized spacial score (nSPS) is 17.3. The molecule has 2 nitrogen and oxygen atoms in total. The van der Waals surface area contributed by atoms with Crippen molar-refractivity contribution < 1.29 is 17.6 Å². The number of benzene rings is 1. The lowest BCUT2D eigenvalue weighted by atomic mass is 10.1. The molecule has 93 valence electrons. The Morgan fingerprint density at radius 1 is 1.12 bits per heavy atom. The molecule has 1 heterocycles. The van der Waals surface area contributed by atoms with Crippen LogP contribution >= 0.6 is 0 Å². The van der Waals surface area contributed by atoms with Crippen molar-refractivity contribution in [3.8, 4) is 0 Å². The molecule has 1 aliphatic heterocycles. The summed E-state index contributed by atoms with van der Waals surface area (Å²) in [6.45, 7) is 2.34. The number of hydrogen-bond acceptors (Lipinski definition) is 1. The molecule has 0 aliphatic carbocycles. The Hall–Kier alpha value is -1.30. The van der Waals surface area contributed by atoms with Crippen molar-refractivity contribution >= 4 is 5.69 Å². The van der Waals surface area contributed by atoms with Gasteiger partial charge in [0, 0.05) is 31.9 Å². The van der Waals surface area contributed by atoms with Gasteiger partial charge in [-0.2, -0.15) is 13.2 Å². The summed E-state index contributed by atoms with van der Waals surface area (Å²) in [5, 5.41) is 4.10. The molecule has 0 aromatic heterocycles. The molecule has 1 radical (unpaired) electrons. The van der Waals surface area contributed by atoms with E-state index in [9.17, 15) is 17.6 Å². The fourth-order valence-electron chi connectivity index (χ4n) is 1.79. The molecule has 0 atom stereocenters. The minimum Gasteiger partial charge on any atom is -0.369 e. The Labute approximate surface area is 96.2 Å². The summed E-state index contributed by atoms with van der Waals surface area (Å²) in [5.41, 5.74) is -0.814. The highest BCUT2D eigenvalue weighted by Crippen LogP contribution is 2.33. The van der Waals surface area contributed by atoms with Gasteiger partial charge in [0.25, 0.3) is 0 Å². The Kier molecular flexibility index (Phi) is 3.24. The number of piperazine rings is 1. The second kappa shape index (κ2) is 4.52. The van der Waals surface area contributed by atoms with Gasteiger partial charge in [-0.15, -0.1) is 0 Å². The van der Waals surface area contributed by atoms with Crippen LogP contribution in [0.3, 0.4) is 0 Å². The lowest BCUT2D eigenvalue weighted by Crippen LogP contribution is -2.40. The van der Waals surface area contributed by atoms with E-state index in [-0.39, 0.29) is 0 Å². The molecule has 1 aliphatic rings. The minimum atomic E-state index is -4.65. The zero-order valence-corrected chi connectivity index (χ0v) is 8.97. The number of nitrogens with zero attached hydrogens (tertiary/aromatic N) is 2. The first-order valence-corrected chi connectivity index (χ1v) is 5.23. The predicted octanol–water partition coefficient (Wildman–Crippen LogP) is 2.27. The Balaban J connectivity index is 2.30. The van der Waals surface area contributed by atoms with Crippen molar-refractivity contribution in [3.05, 3.63) is 29.6 Å². The van der Waals surface area contributed by atoms with Crippen molar-refractivity contribution in [2.75, 3.05) is 31.1 Å². The molecule has 0 N–H and O–H groups in total. The maximum Gasteiger partial charge on any atom is 0.419 e. The van der Waals surface area contributed by atoms with Crippen LogP contribution in [-0.4, -0.2) is 26.2 Å². The van der Waals surface area contributed by atoms with Gasteiger partial charge in [0.2, 0.25) is 0 Å². The molecule has 1 fully saturated rings. The third-order valence-electron chi connectivity index (χ3n) is 2.68. The van der Waals surface area contributed by atoms with Crippen LogP contribution in [0.2, 0.25) is 0 Å². The van der Waals surface area contributed by atoms with E-state index >= 15 is 0 Å². The summed E-state index contributed by atoms with van der Waals surface area (Å²) in [7, 11) is 0. The van der Waals surface area contributed by atoms with E-state index in [4.69, 9.17) is 0 Å². The van der Waals surface area contributed by atoms with Crippen LogP contribution in [0.4, 0.5) is 23.2 Å². The number of hydrogen-bond donors (Lipinski definition) is 0. The van der Waals surface area contributed by atoms with Gasteiger partial charge in [-0.05, 0) is 18.2 Å². The van der Waals surface area contributed by atoms with Crippen LogP contribution in [0, 0.1) is 5.82 Å². The molecule has 0 amide bonds. The smallest absolute Gasteiger partial charge is 0.369 e. The van der Waals surface area contributed by atoms with Crippen LogP contribution in [0.25, 0.3) is 0 Å². The number of rotatable bonds is 1. The van der Waals surface area contributed by atoms with Crippen LogP contribution in [0.15, 0.2) is 18.2 Å². The van der Waals surface area contributed by atoms with Crippen molar-refractivity contribution in [1.29, 1.82) is 0 Å². The van der Waals surface area contributed by atoms with Crippen LogP contribution in [0.5, 0.6) is 0 Å². The topological polar surface area (TPSA) is 17.3 Å². The largest absolute Gasteiger partial charge is 0.419 e. The van der Waals surface area contributed by atoms with Gasteiger partial charge in [-0.25, -0.2) is 9.71 Å². The van der Waals surface area contributed by atoms with Gasteiger partial charge in [-0.3, -0.25) is 0 Å². The van der Waals surface area contributed by atoms with E-state index in [1.807, 2.05) is 0 Å². The molecular weight excluding hydrogens is 236 g/mol. The van der Waals surface area contributed by atoms with E-state index in [0.717, 1.165) is 12.1 Å². The zero-order chi connectivity index (χ0) is 12.5. The van der Waals surface area contributed by atoms with E-state index in [2.05, 4.69) is 5.32 Å².